The van der Waals surface area contributed by atoms with E-state index in [1.165, 1.54) is 64.2 Å². The van der Waals surface area contributed by atoms with Crippen molar-refractivity contribution in [2.24, 2.45) is 11.8 Å². The summed E-state index contributed by atoms with van der Waals surface area (Å²) in [6, 6.07) is 0. The van der Waals surface area contributed by atoms with Crippen LogP contribution in [0.1, 0.15) is 151 Å². The number of unbranched alkanes of at least 4 members (excludes halogenated alkanes) is 10. The Hall–Kier alpha value is -0.930. The van der Waals surface area contributed by atoms with Crippen molar-refractivity contribution in [2.45, 2.75) is 163 Å². The number of hydrogen-bond acceptors (Lipinski definition) is 8. The van der Waals surface area contributed by atoms with Crippen LogP contribution in [0.4, 0.5) is 0 Å². The molecule has 0 aliphatic heterocycles. The Labute approximate surface area is 285 Å². The minimum atomic E-state index is -1.21. The standard InChI is InChI=1S/C28H56O5.3C2H5O.4H3N/c1-24(2)17-13-9-5-7-11-15-19-26(29)21-33-27(22-32-23-28(30)31)20-16-12-8-6-10-14-18-25(3)4;3*1-2-3;;;;/h24-27,29H,5-23H2,1-4H3,(H,30,31);3*2H2,1H3;4*1H3/q;3*-1;;;;/p+3. The molecule has 0 aliphatic rings. The van der Waals surface area contributed by atoms with Crippen LogP contribution >= 0.6 is 0 Å². The lowest BCUT2D eigenvalue weighted by atomic mass is 10.0. The van der Waals surface area contributed by atoms with Gasteiger partial charge in [0.1, 0.15) is 0 Å². The van der Waals surface area contributed by atoms with E-state index in [1.54, 1.807) is 20.8 Å². The molecule has 17 N–H and O–H groups in total. The van der Waals surface area contributed by atoms with Gasteiger partial charge in [0, 0.05) is 0 Å². The number of carboxylic acids is 1. The van der Waals surface area contributed by atoms with Crippen LogP contribution in [-0.4, -0.2) is 62.9 Å². The first kappa shape index (κ1) is 63.7. The fraction of sp³-hybridized carbons (Fsp3) is 0.971. The van der Waals surface area contributed by atoms with Gasteiger partial charge in [-0.3, -0.25) is 0 Å². The molecule has 12 nitrogen and oxygen atoms in total. The first-order valence-corrected chi connectivity index (χ1v) is 16.9. The normalized spacial score (nSPS) is 11.0. The van der Waals surface area contributed by atoms with Crippen molar-refractivity contribution < 1.29 is 39.8 Å². The molecular formula is C34H86N4O8. The molecule has 2 atom stereocenters. The number of quaternary nitrogens is 4. The molecule has 0 rings (SSSR count). The highest BCUT2D eigenvalue weighted by Gasteiger charge is 2.13. The molecule has 0 aliphatic carbocycles. The number of carboxylic acid groups (broad SMARTS) is 1. The zero-order chi connectivity index (χ0) is 32.9. The van der Waals surface area contributed by atoms with Gasteiger partial charge in [0.2, 0.25) is 0 Å². The highest BCUT2D eigenvalue weighted by Crippen LogP contribution is 2.15. The molecule has 0 aromatic carbocycles. The SMILES string of the molecule is CC(C)CCCCCCCCC(O)COC(CCCCCCCCC(C)C)COCC(=O)[O-].CC[O-].CC[O-].CC[O-].[NH4+].[NH4+].[NH4+].[NH4+]. The van der Waals surface area contributed by atoms with E-state index in [0.29, 0.717) is 6.61 Å². The van der Waals surface area contributed by atoms with Gasteiger partial charge in [0.25, 0.3) is 0 Å². The quantitative estimate of drug-likeness (QED) is 0.0748. The molecule has 0 bridgehead atoms. The number of hydrogen-bond donors (Lipinski definition) is 5. The van der Waals surface area contributed by atoms with Gasteiger partial charge in [-0.15, -0.1) is 19.8 Å². The minimum Gasteiger partial charge on any atom is -0.855 e. The average Bonchev–Trinajstić information content (AvgIpc) is 2.90. The largest absolute Gasteiger partial charge is 0.855 e. The second-order valence-corrected chi connectivity index (χ2v) is 11.5. The Balaban J connectivity index is -0.000000165. The third-order valence-corrected chi connectivity index (χ3v) is 6.17. The summed E-state index contributed by atoms with van der Waals surface area (Å²) in [6.07, 6.45) is 18.3. The van der Waals surface area contributed by atoms with Gasteiger partial charge in [-0.25, -0.2) is 0 Å². The second-order valence-electron chi connectivity index (χ2n) is 11.5. The van der Waals surface area contributed by atoms with Crippen molar-refractivity contribution in [3.05, 3.63) is 0 Å². The first-order valence-electron chi connectivity index (χ1n) is 16.9. The molecule has 290 valence electrons. The predicted molar refractivity (Wildman–Crippen MR) is 191 cm³/mol. The summed E-state index contributed by atoms with van der Waals surface area (Å²) in [5.74, 6) is 0.382. The molecule has 0 fully saturated rings. The summed E-state index contributed by atoms with van der Waals surface area (Å²) in [6.45, 7) is 13.9. The van der Waals surface area contributed by atoms with Crippen molar-refractivity contribution in [1.29, 1.82) is 0 Å². The molecule has 46 heavy (non-hydrogen) atoms. The molecular weight excluding hydrogens is 592 g/mol. The fourth-order valence-electron chi connectivity index (χ4n) is 4.09. The Bertz CT molecular complexity index is 489. The van der Waals surface area contributed by atoms with Gasteiger partial charge in [-0.2, -0.15) is 0 Å². The van der Waals surface area contributed by atoms with Crippen LogP contribution in [0.2, 0.25) is 0 Å². The smallest absolute Gasteiger partial charge is 0.0862 e. The van der Waals surface area contributed by atoms with Crippen LogP contribution in [0, 0.1) is 11.8 Å². The predicted octanol–water partition coefficient (Wildman–Crippen LogP) is 5.66. The van der Waals surface area contributed by atoms with Gasteiger partial charge >= 0.3 is 0 Å². The van der Waals surface area contributed by atoms with Crippen LogP contribution in [0.25, 0.3) is 0 Å². The van der Waals surface area contributed by atoms with Gasteiger partial charge < -0.3 is 64.4 Å². The minimum absolute atomic E-state index is 0. The summed E-state index contributed by atoms with van der Waals surface area (Å²) in [7, 11) is 0. The maximum atomic E-state index is 10.6. The second kappa shape index (κ2) is 56.4. The summed E-state index contributed by atoms with van der Waals surface area (Å²) >= 11 is 0. The van der Waals surface area contributed by atoms with Gasteiger partial charge in [-0.1, -0.05) is 138 Å². The van der Waals surface area contributed by atoms with Crippen LogP contribution in [0.15, 0.2) is 0 Å². The lowest BCUT2D eigenvalue weighted by molar-refractivity contribution is -0.362. The molecule has 0 aromatic heterocycles. The van der Waals surface area contributed by atoms with Crippen molar-refractivity contribution in [3.8, 4) is 0 Å². The molecule has 0 radical (unpaired) electrons. The molecule has 0 saturated carbocycles. The van der Waals surface area contributed by atoms with Crippen molar-refractivity contribution in [1.82, 2.24) is 24.6 Å². The van der Waals surface area contributed by atoms with Gasteiger partial charge in [-0.05, 0) is 24.7 Å². The Morgan fingerprint density at radius 2 is 0.870 bits per heavy atom. The Morgan fingerprint density at radius 3 is 1.20 bits per heavy atom. The lowest BCUT2D eigenvalue weighted by Crippen LogP contribution is -2.31. The fourth-order valence-corrected chi connectivity index (χ4v) is 4.09. The van der Waals surface area contributed by atoms with E-state index in [0.717, 1.165) is 50.4 Å². The van der Waals surface area contributed by atoms with Crippen LogP contribution in [0.3, 0.4) is 0 Å². The van der Waals surface area contributed by atoms with Crippen molar-refractivity contribution in [3.63, 3.8) is 0 Å². The lowest BCUT2D eigenvalue weighted by Gasteiger charge is -2.20. The number of aliphatic hydroxyl groups is 1. The topological polar surface area (TPSA) is 294 Å². The number of aliphatic hydroxyl groups excluding tert-OH is 1. The highest BCUT2D eigenvalue weighted by molar-refractivity contribution is 5.65. The average molecular weight is 679 g/mol. The Morgan fingerprint density at radius 1 is 0.565 bits per heavy atom. The van der Waals surface area contributed by atoms with Crippen molar-refractivity contribution >= 4 is 5.97 Å². The summed E-state index contributed by atoms with van der Waals surface area (Å²) in [5.41, 5.74) is 0. The molecule has 0 amide bonds. The van der Waals surface area contributed by atoms with E-state index in [2.05, 4.69) is 27.7 Å². The van der Waals surface area contributed by atoms with E-state index in [9.17, 15) is 15.0 Å². The number of carbonyl (C=O) groups excluding carboxylic acids is 1. The third-order valence-electron chi connectivity index (χ3n) is 6.17. The summed E-state index contributed by atoms with van der Waals surface area (Å²) in [5, 5.41) is 47.7. The third kappa shape index (κ3) is 74.1. The number of aliphatic carboxylic acids is 1. The van der Waals surface area contributed by atoms with E-state index in [-0.39, 0.29) is 57.1 Å². The van der Waals surface area contributed by atoms with E-state index in [1.807, 2.05) is 0 Å². The molecule has 2 unspecified atom stereocenters. The van der Waals surface area contributed by atoms with Crippen LogP contribution in [-0.2, 0) is 14.3 Å². The zero-order valence-corrected chi connectivity index (χ0v) is 32.7. The van der Waals surface area contributed by atoms with Gasteiger partial charge in [0.05, 0.1) is 38.0 Å². The summed E-state index contributed by atoms with van der Waals surface area (Å²) in [4.78, 5) is 10.6. The van der Waals surface area contributed by atoms with E-state index in [4.69, 9.17) is 24.8 Å². The number of carbonyl (C=O) groups is 1. The van der Waals surface area contributed by atoms with Crippen LogP contribution < -0.4 is 45.0 Å². The molecule has 12 heteroatoms. The van der Waals surface area contributed by atoms with E-state index < -0.39 is 18.7 Å². The number of rotatable bonds is 25. The maximum Gasteiger partial charge on any atom is 0.0862 e. The first-order chi connectivity index (χ1) is 20.1. The van der Waals surface area contributed by atoms with Gasteiger partial charge in [0.15, 0.2) is 0 Å². The Kier molecular flexibility index (Phi) is 78.1. The van der Waals surface area contributed by atoms with Crippen molar-refractivity contribution in [2.75, 3.05) is 39.6 Å². The zero-order valence-electron chi connectivity index (χ0n) is 32.7. The summed E-state index contributed by atoms with van der Waals surface area (Å²) < 4.78 is 11.1. The molecule has 0 aromatic rings. The highest BCUT2D eigenvalue weighted by atomic mass is 16.5. The van der Waals surface area contributed by atoms with E-state index >= 15 is 0 Å². The molecule has 0 saturated heterocycles. The maximum absolute atomic E-state index is 10.6. The monoisotopic (exact) mass is 679 g/mol. The number of ether oxygens (including phenoxy) is 2. The molecule has 0 spiro atoms. The molecule has 0 heterocycles. The van der Waals surface area contributed by atoms with Crippen LogP contribution in [0.5, 0.6) is 0 Å².